The van der Waals surface area contributed by atoms with Crippen LogP contribution in [0.1, 0.15) is 33.1 Å². The molecular formula is C15H23N3O4S2. The predicted octanol–water partition coefficient (Wildman–Crippen LogP) is 1.55. The van der Waals surface area contributed by atoms with E-state index in [4.69, 9.17) is 0 Å². The van der Waals surface area contributed by atoms with E-state index < -0.39 is 26.2 Å². The van der Waals surface area contributed by atoms with Crippen molar-refractivity contribution in [1.29, 1.82) is 0 Å². The molecule has 1 fully saturated rings. The molecule has 134 valence electrons. The maximum Gasteiger partial charge on any atom is 0.244 e. The summed E-state index contributed by atoms with van der Waals surface area (Å²) in [5.41, 5.74) is 0.435. The van der Waals surface area contributed by atoms with Gasteiger partial charge in [0.1, 0.15) is 4.90 Å². The molecule has 2 aliphatic rings. The number of hydrogen-bond donors (Lipinski definition) is 2. The van der Waals surface area contributed by atoms with E-state index in [9.17, 15) is 16.8 Å². The molecule has 2 heterocycles. The van der Waals surface area contributed by atoms with E-state index in [0.29, 0.717) is 18.8 Å². The van der Waals surface area contributed by atoms with Gasteiger partial charge in [-0.3, -0.25) is 0 Å². The van der Waals surface area contributed by atoms with Crippen LogP contribution < -0.4 is 10.0 Å². The summed E-state index contributed by atoms with van der Waals surface area (Å²) in [5, 5.41) is 3.11. The second kappa shape index (κ2) is 6.29. The highest BCUT2D eigenvalue weighted by atomic mass is 32.2. The molecule has 1 aromatic carbocycles. The fourth-order valence-electron chi connectivity index (χ4n) is 2.99. The van der Waals surface area contributed by atoms with Gasteiger partial charge in [0, 0.05) is 13.1 Å². The molecule has 1 saturated heterocycles. The van der Waals surface area contributed by atoms with E-state index >= 15 is 0 Å². The smallest absolute Gasteiger partial charge is 0.244 e. The quantitative estimate of drug-likeness (QED) is 0.838. The van der Waals surface area contributed by atoms with Crippen molar-refractivity contribution in [3.63, 3.8) is 0 Å². The van der Waals surface area contributed by atoms with Gasteiger partial charge in [0.15, 0.2) is 0 Å². The third-order valence-corrected chi connectivity index (χ3v) is 7.83. The molecular weight excluding hydrogens is 350 g/mol. The number of nitrogens with zero attached hydrogens (tertiary/aromatic N) is 1. The minimum atomic E-state index is -3.75. The van der Waals surface area contributed by atoms with Crippen LogP contribution in [0.25, 0.3) is 0 Å². The van der Waals surface area contributed by atoms with E-state index in [1.165, 1.54) is 16.4 Å². The van der Waals surface area contributed by atoms with Crippen LogP contribution in [-0.2, 0) is 20.0 Å². The lowest BCUT2D eigenvalue weighted by Gasteiger charge is -2.31. The van der Waals surface area contributed by atoms with Gasteiger partial charge in [0.2, 0.25) is 20.0 Å². The maximum atomic E-state index is 12.7. The molecule has 0 bridgehead atoms. The first kappa shape index (κ1) is 17.7. The summed E-state index contributed by atoms with van der Waals surface area (Å²) in [6, 6.07) is 4.28. The molecule has 3 rings (SSSR count). The van der Waals surface area contributed by atoms with Crippen molar-refractivity contribution in [2.24, 2.45) is 5.92 Å². The number of fused-ring (bicyclic) bond motifs is 1. The number of benzene rings is 1. The molecule has 24 heavy (non-hydrogen) atoms. The summed E-state index contributed by atoms with van der Waals surface area (Å²) in [7, 11) is -7.41. The molecule has 1 unspecified atom stereocenters. The molecule has 0 aromatic heterocycles. The minimum absolute atomic E-state index is 0.0162. The summed E-state index contributed by atoms with van der Waals surface area (Å²) in [6.07, 6.45) is 2.28. The average molecular weight is 374 g/mol. The standard InChI is InChI=1S/C15H23N3O4S2/c1-11(2)15-16-13-7-6-12(10-14(13)23(19,20)17-15)24(21,22)18-8-4-3-5-9-18/h6-7,10-11,15-17H,3-5,8-9H2,1-2H3. The lowest BCUT2D eigenvalue weighted by atomic mass is 10.1. The molecule has 0 amide bonds. The monoisotopic (exact) mass is 373 g/mol. The molecule has 1 atom stereocenters. The van der Waals surface area contributed by atoms with Crippen molar-refractivity contribution in [3.05, 3.63) is 18.2 Å². The molecule has 0 spiro atoms. The third-order valence-electron chi connectivity index (χ3n) is 4.46. The molecule has 0 radical (unpaired) electrons. The molecule has 0 saturated carbocycles. The SMILES string of the molecule is CC(C)C1Nc2ccc(S(=O)(=O)N3CCCCC3)cc2S(=O)(=O)N1. The van der Waals surface area contributed by atoms with Gasteiger partial charge in [-0.25, -0.2) is 16.8 Å². The van der Waals surface area contributed by atoms with Crippen LogP contribution in [0.5, 0.6) is 0 Å². The summed E-state index contributed by atoms with van der Waals surface area (Å²) in [5.74, 6) is 0.0599. The van der Waals surface area contributed by atoms with E-state index in [1.807, 2.05) is 13.8 Å². The van der Waals surface area contributed by atoms with Crippen LogP contribution >= 0.6 is 0 Å². The maximum absolute atomic E-state index is 12.7. The lowest BCUT2D eigenvalue weighted by Crippen LogP contribution is -2.47. The first-order valence-electron chi connectivity index (χ1n) is 8.15. The number of nitrogens with one attached hydrogen (secondary N) is 2. The zero-order valence-electron chi connectivity index (χ0n) is 13.8. The highest BCUT2D eigenvalue weighted by molar-refractivity contribution is 7.90. The minimum Gasteiger partial charge on any atom is -0.368 e. The Morgan fingerprint density at radius 3 is 2.46 bits per heavy atom. The largest absolute Gasteiger partial charge is 0.368 e. The number of rotatable bonds is 3. The Morgan fingerprint density at radius 2 is 1.83 bits per heavy atom. The molecule has 1 aromatic rings. The summed E-state index contributed by atoms with van der Waals surface area (Å²) in [6.45, 7) is 4.77. The lowest BCUT2D eigenvalue weighted by molar-refractivity contribution is 0.346. The van der Waals surface area contributed by atoms with Crippen LogP contribution in [0, 0.1) is 5.92 Å². The normalized spacial score (nSPS) is 24.4. The zero-order valence-corrected chi connectivity index (χ0v) is 15.5. The van der Waals surface area contributed by atoms with Crippen molar-refractivity contribution < 1.29 is 16.8 Å². The predicted molar refractivity (Wildman–Crippen MR) is 91.6 cm³/mol. The van der Waals surface area contributed by atoms with E-state index in [-0.39, 0.29) is 15.7 Å². The first-order chi connectivity index (χ1) is 11.2. The van der Waals surface area contributed by atoms with E-state index in [1.54, 1.807) is 6.07 Å². The van der Waals surface area contributed by atoms with Crippen LogP contribution in [0.3, 0.4) is 0 Å². The Balaban J connectivity index is 2.00. The molecule has 9 heteroatoms. The Kier molecular flexibility index (Phi) is 4.63. The van der Waals surface area contributed by atoms with Crippen LogP contribution in [0.15, 0.2) is 28.0 Å². The van der Waals surface area contributed by atoms with Gasteiger partial charge < -0.3 is 5.32 Å². The number of sulfonamides is 2. The highest BCUT2D eigenvalue weighted by Gasteiger charge is 2.33. The zero-order chi connectivity index (χ0) is 17.5. The molecule has 2 aliphatic heterocycles. The van der Waals surface area contributed by atoms with Gasteiger partial charge in [0.25, 0.3) is 0 Å². The van der Waals surface area contributed by atoms with E-state index in [0.717, 1.165) is 19.3 Å². The highest BCUT2D eigenvalue weighted by Crippen LogP contribution is 2.31. The van der Waals surface area contributed by atoms with Crippen molar-refractivity contribution >= 4 is 25.7 Å². The molecule has 2 N–H and O–H groups in total. The van der Waals surface area contributed by atoms with Crippen molar-refractivity contribution in [2.45, 2.75) is 49.1 Å². The Bertz CT molecular complexity index is 828. The fourth-order valence-corrected chi connectivity index (χ4v) is 6.10. The molecule has 0 aliphatic carbocycles. The Hall–Kier alpha value is -1.16. The topological polar surface area (TPSA) is 95.6 Å². The van der Waals surface area contributed by atoms with Gasteiger partial charge in [-0.2, -0.15) is 9.03 Å². The summed E-state index contributed by atoms with van der Waals surface area (Å²) < 4.78 is 54.5. The van der Waals surface area contributed by atoms with Crippen LogP contribution in [0.4, 0.5) is 5.69 Å². The van der Waals surface area contributed by atoms with Gasteiger partial charge in [-0.15, -0.1) is 0 Å². The fraction of sp³-hybridized carbons (Fsp3) is 0.600. The first-order valence-corrected chi connectivity index (χ1v) is 11.1. The second-order valence-corrected chi connectivity index (χ2v) is 10.2. The number of anilines is 1. The second-order valence-electron chi connectivity index (χ2n) is 6.61. The Labute approximate surface area is 143 Å². The van der Waals surface area contributed by atoms with Gasteiger partial charge >= 0.3 is 0 Å². The average Bonchev–Trinajstić information content (AvgIpc) is 2.54. The number of piperidine rings is 1. The van der Waals surface area contributed by atoms with Crippen molar-refractivity contribution in [1.82, 2.24) is 9.03 Å². The van der Waals surface area contributed by atoms with Gasteiger partial charge in [-0.05, 0) is 37.0 Å². The van der Waals surface area contributed by atoms with Crippen molar-refractivity contribution in [2.75, 3.05) is 18.4 Å². The number of hydrogen-bond acceptors (Lipinski definition) is 5. The van der Waals surface area contributed by atoms with Gasteiger partial charge in [-0.1, -0.05) is 20.3 Å². The van der Waals surface area contributed by atoms with Crippen LogP contribution in [0.2, 0.25) is 0 Å². The van der Waals surface area contributed by atoms with Crippen molar-refractivity contribution in [3.8, 4) is 0 Å². The summed E-state index contributed by atoms with van der Waals surface area (Å²) >= 11 is 0. The summed E-state index contributed by atoms with van der Waals surface area (Å²) in [4.78, 5) is 0.0100. The third kappa shape index (κ3) is 3.17. The Morgan fingerprint density at radius 1 is 1.17 bits per heavy atom. The van der Waals surface area contributed by atoms with Gasteiger partial charge in [0.05, 0.1) is 16.7 Å². The van der Waals surface area contributed by atoms with E-state index in [2.05, 4.69) is 10.0 Å². The van der Waals surface area contributed by atoms with Crippen LogP contribution in [-0.4, -0.2) is 40.4 Å². The molecule has 7 nitrogen and oxygen atoms in total.